The van der Waals surface area contributed by atoms with Crippen LogP contribution in [-0.2, 0) is 6.54 Å². The predicted molar refractivity (Wildman–Crippen MR) is 77.4 cm³/mol. The highest BCUT2D eigenvalue weighted by Gasteiger charge is 2.08. The fraction of sp³-hybridized carbons (Fsp3) is 0.143. The Kier molecular flexibility index (Phi) is 4.16. The van der Waals surface area contributed by atoms with Gasteiger partial charge in [-0.15, -0.1) is 0 Å². The first-order chi connectivity index (χ1) is 9.06. The van der Waals surface area contributed by atoms with E-state index in [1.165, 1.54) is 6.07 Å². The van der Waals surface area contributed by atoms with Crippen LogP contribution < -0.4 is 4.90 Å². The molecule has 0 radical (unpaired) electrons. The van der Waals surface area contributed by atoms with Gasteiger partial charge in [-0.2, -0.15) is 0 Å². The topological polar surface area (TPSA) is 53.4 Å². The average Bonchev–Trinajstić information content (AvgIpc) is 2.39. The number of anilines is 1. The molecule has 98 valence electrons. The number of hydrogen-bond acceptors (Lipinski definition) is 3. The monoisotopic (exact) mass is 320 g/mol. The summed E-state index contributed by atoms with van der Waals surface area (Å²) in [5, 5.41) is 8.93. The van der Waals surface area contributed by atoms with Gasteiger partial charge in [0.2, 0.25) is 0 Å². The number of halogens is 1. The fourth-order valence-electron chi connectivity index (χ4n) is 1.75. The van der Waals surface area contributed by atoms with Crippen LogP contribution in [0.5, 0.6) is 0 Å². The van der Waals surface area contributed by atoms with Crippen LogP contribution >= 0.6 is 15.9 Å². The molecule has 1 heterocycles. The highest BCUT2D eigenvalue weighted by molar-refractivity contribution is 9.10. The van der Waals surface area contributed by atoms with Gasteiger partial charge in [-0.1, -0.05) is 34.1 Å². The zero-order valence-corrected chi connectivity index (χ0v) is 12.0. The van der Waals surface area contributed by atoms with Gasteiger partial charge < -0.3 is 10.0 Å². The van der Waals surface area contributed by atoms with Crippen molar-refractivity contribution in [3.63, 3.8) is 0 Å². The minimum atomic E-state index is -1.02. The van der Waals surface area contributed by atoms with Crippen molar-refractivity contribution in [2.24, 2.45) is 0 Å². The summed E-state index contributed by atoms with van der Waals surface area (Å²) in [4.78, 5) is 16.9. The second-order valence-corrected chi connectivity index (χ2v) is 5.09. The molecular formula is C14H13BrN2O2. The highest BCUT2D eigenvalue weighted by Crippen LogP contribution is 2.16. The van der Waals surface area contributed by atoms with Gasteiger partial charge in [-0.3, -0.25) is 0 Å². The zero-order chi connectivity index (χ0) is 13.8. The molecule has 19 heavy (non-hydrogen) atoms. The zero-order valence-electron chi connectivity index (χ0n) is 10.4. The van der Waals surface area contributed by atoms with Crippen molar-refractivity contribution in [1.29, 1.82) is 0 Å². The van der Waals surface area contributed by atoms with E-state index >= 15 is 0 Å². The van der Waals surface area contributed by atoms with Gasteiger partial charge in [0, 0.05) is 18.1 Å². The molecule has 1 N–H and O–H groups in total. The van der Waals surface area contributed by atoms with Crippen LogP contribution in [0.4, 0.5) is 5.82 Å². The summed E-state index contributed by atoms with van der Waals surface area (Å²) >= 11 is 3.43. The van der Waals surface area contributed by atoms with Gasteiger partial charge in [0.1, 0.15) is 5.82 Å². The molecule has 0 aliphatic rings. The lowest BCUT2D eigenvalue weighted by atomic mass is 10.2. The molecular weight excluding hydrogens is 308 g/mol. The maximum atomic E-state index is 10.9. The van der Waals surface area contributed by atoms with E-state index in [0.717, 1.165) is 10.0 Å². The lowest BCUT2D eigenvalue weighted by Gasteiger charge is -2.18. The number of rotatable bonds is 4. The first-order valence-corrected chi connectivity index (χ1v) is 6.51. The summed E-state index contributed by atoms with van der Waals surface area (Å²) in [5.74, 6) is -0.377. The van der Waals surface area contributed by atoms with Crippen LogP contribution in [0.2, 0.25) is 0 Å². The van der Waals surface area contributed by atoms with Crippen LogP contribution in [0, 0.1) is 0 Å². The number of hydrogen-bond donors (Lipinski definition) is 1. The molecule has 0 saturated carbocycles. The second kappa shape index (κ2) is 5.84. The number of aromatic carboxylic acids is 1. The van der Waals surface area contributed by atoms with Crippen molar-refractivity contribution in [2.75, 3.05) is 11.9 Å². The minimum absolute atomic E-state index is 0.0543. The Labute approximate surface area is 119 Å². The number of carboxylic acid groups (broad SMARTS) is 1. The summed E-state index contributed by atoms with van der Waals surface area (Å²) in [5.41, 5.74) is 1.18. The Morgan fingerprint density at radius 3 is 2.74 bits per heavy atom. The average molecular weight is 321 g/mol. The summed E-state index contributed by atoms with van der Waals surface area (Å²) < 4.78 is 1.02. The molecule has 0 aliphatic heterocycles. The van der Waals surface area contributed by atoms with E-state index < -0.39 is 5.97 Å². The van der Waals surface area contributed by atoms with E-state index in [9.17, 15) is 4.79 Å². The standard InChI is InChI=1S/C14H13BrN2O2/c1-17(9-10-4-2-5-11(15)8-10)13-7-3-6-12(16-13)14(18)19/h2-8H,9H2,1H3,(H,18,19). The summed E-state index contributed by atoms with van der Waals surface area (Å²) in [7, 11) is 1.88. The largest absolute Gasteiger partial charge is 0.477 e. The lowest BCUT2D eigenvalue weighted by molar-refractivity contribution is 0.0690. The van der Waals surface area contributed by atoms with Crippen molar-refractivity contribution >= 4 is 27.7 Å². The third-order valence-electron chi connectivity index (χ3n) is 2.65. The Morgan fingerprint density at radius 2 is 2.05 bits per heavy atom. The van der Waals surface area contributed by atoms with Gasteiger partial charge in [0.15, 0.2) is 5.69 Å². The quantitative estimate of drug-likeness (QED) is 0.940. The number of benzene rings is 1. The molecule has 0 bridgehead atoms. The van der Waals surface area contributed by atoms with Crippen molar-refractivity contribution in [1.82, 2.24) is 4.98 Å². The second-order valence-electron chi connectivity index (χ2n) is 4.17. The van der Waals surface area contributed by atoms with Crippen molar-refractivity contribution < 1.29 is 9.90 Å². The summed E-state index contributed by atoms with van der Waals surface area (Å²) in [6.45, 7) is 0.662. The summed E-state index contributed by atoms with van der Waals surface area (Å²) in [6, 6.07) is 13.0. The third-order valence-corrected chi connectivity index (χ3v) is 3.15. The molecule has 0 unspecified atom stereocenters. The van der Waals surface area contributed by atoms with E-state index in [1.54, 1.807) is 12.1 Å². The smallest absolute Gasteiger partial charge is 0.354 e. The molecule has 0 aliphatic carbocycles. The molecule has 1 aromatic heterocycles. The fourth-order valence-corrected chi connectivity index (χ4v) is 2.19. The lowest BCUT2D eigenvalue weighted by Crippen LogP contribution is -2.18. The highest BCUT2D eigenvalue weighted by atomic mass is 79.9. The molecule has 0 amide bonds. The summed E-state index contributed by atoms with van der Waals surface area (Å²) in [6.07, 6.45) is 0. The van der Waals surface area contributed by atoms with Crippen molar-refractivity contribution in [3.8, 4) is 0 Å². The van der Waals surface area contributed by atoms with Crippen LogP contribution in [0.15, 0.2) is 46.9 Å². The van der Waals surface area contributed by atoms with Gasteiger partial charge in [-0.25, -0.2) is 9.78 Å². The number of aromatic nitrogens is 1. The Balaban J connectivity index is 2.18. The van der Waals surface area contributed by atoms with Gasteiger partial charge in [-0.05, 0) is 29.8 Å². The molecule has 5 heteroatoms. The number of nitrogens with zero attached hydrogens (tertiary/aromatic N) is 2. The Hall–Kier alpha value is -1.88. The predicted octanol–water partition coefficient (Wildman–Crippen LogP) is 3.18. The first-order valence-electron chi connectivity index (χ1n) is 5.72. The van der Waals surface area contributed by atoms with Gasteiger partial charge >= 0.3 is 5.97 Å². The first kappa shape index (κ1) is 13.5. The van der Waals surface area contributed by atoms with E-state index in [2.05, 4.69) is 20.9 Å². The van der Waals surface area contributed by atoms with E-state index in [1.807, 2.05) is 36.2 Å². The molecule has 0 fully saturated rings. The van der Waals surface area contributed by atoms with Crippen LogP contribution in [0.25, 0.3) is 0 Å². The van der Waals surface area contributed by atoms with Crippen molar-refractivity contribution in [2.45, 2.75) is 6.54 Å². The van der Waals surface area contributed by atoms with E-state index in [-0.39, 0.29) is 5.69 Å². The molecule has 0 atom stereocenters. The number of pyridine rings is 1. The normalized spacial score (nSPS) is 10.2. The van der Waals surface area contributed by atoms with Gasteiger partial charge in [0.25, 0.3) is 0 Å². The molecule has 1 aromatic carbocycles. The SMILES string of the molecule is CN(Cc1cccc(Br)c1)c1cccc(C(=O)O)n1. The van der Waals surface area contributed by atoms with E-state index in [4.69, 9.17) is 5.11 Å². The van der Waals surface area contributed by atoms with Crippen molar-refractivity contribution in [3.05, 3.63) is 58.2 Å². The molecule has 0 spiro atoms. The Morgan fingerprint density at radius 1 is 1.32 bits per heavy atom. The van der Waals surface area contributed by atoms with Crippen LogP contribution in [0.1, 0.15) is 16.1 Å². The maximum absolute atomic E-state index is 10.9. The molecule has 4 nitrogen and oxygen atoms in total. The third kappa shape index (κ3) is 3.54. The minimum Gasteiger partial charge on any atom is -0.477 e. The Bertz CT molecular complexity index is 602. The molecule has 2 aromatic rings. The van der Waals surface area contributed by atoms with Crippen LogP contribution in [-0.4, -0.2) is 23.1 Å². The van der Waals surface area contributed by atoms with Crippen LogP contribution in [0.3, 0.4) is 0 Å². The number of carbonyl (C=O) groups is 1. The molecule has 2 rings (SSSR count). The molecule has 0 saturated heterocycles. The maximum Gasteiger partial charge on any atom is 0.354 e. The van der Waals surface area contributed by atoms with Gasteiger partial charge in [0.05, 0.1) is 0 Å². The van der Waals surface area contributed by atoms with E-state index in [0.29, 0.717) is 12.4 Å². The number of carboxylic acids is 1.